The number of nitrogens with one attached hydrogen (secondary N) is 1. The van der Waals surface area contributed by atoms with Gasteiger partial charge in [-0.25, -0.2) is 9.97 Å². The molecule has 90 valence electrons. The van der Waals surface area contributed by atoms with Crippen LogP contribution in [0.3, 0.4) is 0 Å². The van der Waals surface area contributed by atoms with E-state index in [0.717, 1.165) is 26.8 Å². The number of hydrogen-bond donors (Lipinski definition) is 1. The van der Waals surface area contributed by atoms with Crippen LogP contribution in [-0.4, -0.2) is 14.4 Å². The fourth-order valence-corrected chi connectivity index (χ4v) is 2.25. The molecule has 3 aromatic rings. The Morgan fingerprint density at radius 3 is 2.78 bits per heavy atom. The Bertz CT molecular complexity index is 836. The van der Waals surface area contributed by atoms with Gasteiger partial charge in [-0.05, 0) is 53.5 Å². The highest BCUT2D eigenvalue weighted by Gasteiger charge is 2.07. The molecule has 0 saturated carbocycles. The Kier molecular flexibility index (Phi) is 2.45. The van der Waals surface area contributed by atoms with E-state index >= 15 is 0 Å². The summed E-state index contributed by atoms with van der Waals surface area (Å²) >= 11 is 3.44. The molecule has 0 atom stereocenters. The molecule has 0 aromatic carbocycles. The van der Waals surface area contributed by atoms with Gasteiger partial charge in [-0.1, -0.05) is 0 Å². The Morgan fingerprint density at radius 1 is 1.22 bits per heavy atom. The predicted octanol–water partition coefficient (Wildman–Crippen LogP) is 2.74. The molecular weight excluding hydrogens is 292 g/mol. The van der Waals surface area contributed by atoms with Crippen molar-refractivity contribution < 1.29 is 0 Å². The van der Waals surface area contributed by atoms with Crippen LogP contribution in [0.5, 0.6) is 0 Å². The van der Waals surface area contributed by atoms with Crippen molar-refractivity contribution in [3.63, 3.8) is 0 Å². The lowest BCUT2D eigenvalue weighted by atomic mass is 10.2. The SMILES string of the molecule is Cc1ccn2c(=N)c3cc(Br)c(C)nc3nc2c1. The van der Waals surface area contributed by atoms with Crippen LogP contribution >= 0.6 is 15.9 Å². The van der Waals surface area contributed by atoms with Crippen LogP contribution in [0.15, 0.2) is 28.9 Å². The fourth-order valence-electron chi connectivity index (χ4n) is 1.93. The average Bonchev–Trinajstić information content (AvgIpc) is 2.32. The molecular formula is C13H11BrN4. The third kappa shape index (κ3) is 1.62. The van der Waals surface area contributed by atoms with E-state index in [2.05, 4.69) is 25.9 Å². The van der Waals surface area contributed by atoms with E-state index in [9.17, 15) is 0 Å². The zero-order chi connectivity index (χ0) is 12.9. The van der Waals surface area contributed by atoms with Crippen molar-refractivity contribution in [1.82, 2.24) is 14.4 Å². The smallest absolute Gasteiger partial charge is 0.165 e. The lowest BCUT2D eigenvalue weighted by Gasteiger charge is -2.06. The van der Waals surface area contributed by atoms with E-state index in [0.29, 0.717) is 11.1 Å². The minimum atomic E-state index is 0.406. The van der Waals surface area contributed by atoms with E-state index in [1.165, 1.54) is 0 Å². The lowest BCUT2D eigenvalue weighted by Crippen LogP contribution is -2.16. The Labute approximate surface area is 112 Å². The standard InChI is InChI=1S/C13H11BrN4/c1-7-3-4-18-11(5-7)17-13-9(12(18)15)6-10(14)8(2)16-13/h3-6,15H,1-2H3. The number of halogens is 1. The lowest BCUT2D eigenvalue weighted by molar-refractivity contribution is 0.988. The van der Waals surface area contributed by atoms with Crippen molar-refractivity contribution in [2.24, 2.45) is 0 Å². The minimum Gasteiger partial charge on any atom is -0.286 e. The zero-order valence-electron chi connectivity index (χ0n) is 10.0. The molecule has 0 radical (unpaired) electrons. The number of nitrogens with zero attached hydrogens (tertiary/aromatic N) is 3. The van der Waals surface area contributed by atoms with E-state index in [1.54, 1.807) is 4.40 Å². The first-order valence-electron chi connectivity index (χ1n) is 5.57. The second-order valence-corrected chi connectivity index (χ2v) is 5.17. The highest BCUT2D eigenvalue weighted by Crippen LogP contribution is 2.18. The summed E-state index contributed by atoms with van der Waals surface area (Å²) in [6.45, 7) is 3.93. The van der Waals surface area contributed by atoms with Crippen LogP contribution in [0.2, 0.25) is 0 Å². The molecule has 0 spiro atoms. The molecule has 0 bridgehead atoms. The van der Waals surface area contributed by atoms with Crippen molar-refractivity contribution in [2.45, 2.75) is 13.8 Å². The maximum atomic E-state index is 8.23. The number of aryl methyl sites for hydroxylation is 2. The summed E-state index contributed by atoms with van der Waals surface area (Å²) in [5, 5.41) is 8.98. The van der Waals surface area contributed by atoms with Crippen LogP contribution in [0.25, 0.3) is 16.7 Å². The molecule has 0 fully saturated rings. The second kappa shape index (κ2) is 3.88. The normalized spacial score (nSPS) is 11.3. The molecule has 3 heterocycles. The van der Waals surface area contributed by atoms with Gasteiger partial charge in [0.1, 0.15) is 11.1 Å². The predicted molar refractivity (Wildman–Crippen MR) is 73.5 cm³/mol. The average molecular weight is 303 g/mol. The highest BCUT2D eigenvalue weighted by atomic mass is 79.9. The Balaban J connectivity index is 2.56. The second-order valence-electron chi connectivity index (χ2n) is 4.32. The molecule has 0 amide bonds. The number of aromatic nitrogens is 3. The quantitative estimate of drug-likeness (QED) is 0.649. The monoisotopic (exact) mass is 302 g/mol. The molecule has 0 unspecified atom stereocenters. The fraction of sp³-hybridized carbons (Fsp3) is 0.154. The first-order chi connectivity index (χ1) is 8.56. The molecule has 0 saturated heterocycles. The highest BCUT2D eigenvalue weighted by molar-refractivity contribution is 9.10. The van der Waals surface area contributed by atoms with Crippen LogP contribution in [-0.2, 0) is 0 Å². The maximum absolute atomic E-state index is 8.23. The van der Waals surface area contributed by atoms with Gasteiger partial charge in [0.25, 0.3) is 0 Å². The van der Waals surface area contributed by atoms with Crippen molar-refractivity contribution >= 4 is 32.6 Å². The van der Waals surface area contributed by atoms with Crippen LogP contribution in [0, 0.1) is 19.3 Å². The summed E-state index contributed by atoms with van der Waals surface area (Å²) < 4.78 is 2.66. The third-order valence-electron chi connectivity index (χ3n) is 2.94. The molecule has 1 N–H and O–H groups in total. The number of fused-ring (bicyclic) bond motifs is 2. The first kappa shape index (κ1) is 11.3. The van der Waals surface area contributed by atoms with Gasteiger partial charge in [0.2, 0.25) is 0 Å². The number of hydrogen-bond acceptors (Lipinski definition) is 3. The maximum Gasteiger partial charge on any atom is 0.165 e. The molecule has 0 aliphatic heterocycles. The number of rotatable bonds is 0. The summed E-state index contributed by atoms with van der Waals surface area (Å²) in [6, 6.07) is 5.82. The van der Waals surface area contributed by atoms with Gasteiger partial charge in [-0.15, -0.1) is 0 Å². The van der Waals surface area contributed by atoms with Crippen LogP contribution in [0.4, 0.5) is 0 Å². The van der Waals surface area contributed by atoms with Crippen molar-refractivity contribution in [3.05, 3.63) is 45.6 Å². The van der Waals surface area contributed by atoms with Gasteiger partial charge in [0.05, 0.1) is 11.1 Å². The molecule has 4 nitrogen and oxygen atoms in total. The van der Waals surface area contributed by atoms with Gasteiger partial charge in [0.15, 0.2) is 5.65 Å². The van der Waals surface area contributed by atoms with Crippen LogP contribution in [0.1, 0.15) is 11.3 Å². The summed E-state index contributed by atoms with van der Waals surface area (Å²) in [7, 11) is 0. The zero-order valence-corrected chi connectivity index (χ0v) is 11.6. The molecule has 3 rings (SSSR count). The molecule has 18 heavy (non-hydrogen) atoms. The van der Waals surface area contributed by atoms with E-state index in [-0.39, 0.29) is 0 Å². The molecule has 3 aromatic heterocycles. The minimum absolute atomic E-state index is 0.406. The third-order valence-corrected chi connectivity index (χ3v) is 3.74. The molecule has 0 aliphatic rings. The Hall–Kier alpha value is -1.75. The molecule has 0 aliphatic carbocycles. The van der Waals surface area contributed by atoms with E-state index in [4.69, 9.17) is 5.41 Å². The largest absolute Gasteiger partial charge is 0.286 e. The van der Waals surface area contributed by atoms with Gasteiger partial charge >= 0.3 is 0 Å². The van der Waals surface area contributed by atoms with Gasteiger partial charge in [-0.3, -0.25) is 9.81 Å². The van der Waals surface area contributed by atoms with Crippen molar-refractivity contribution in [3.8, 4) is 0 Å². The first-order valence-corrected chi connectivity index (χ1v) is 6.36. The number of pyridine rings is 2. The van der Waals surface area contributed by atoms with E-state index < -0.39 is 0 Å². The molecule has 5 heteroatoms. The summed E-state index contributed by atoms with van der Waals surface area (Å²) in [5.41, 5.74) is 3.78. The summed E-state index contributed by atoms with van der Waals surface area (Å²) in [6.07, 6.45) is 1.87. The van der Waals surface area contributed by atoms with Gasteiger partial charge in [0, 0.05) is 10.7 Å². The van der Waals surface area contributed by atoms with Crippen LogP contribution < -0.4 is 5.49 Å². The van der Waals surface area contributed by atoms with Gasteiger partial charge < -0.3 is 0 Å². The topological polar surface area (TPSA) is 54.0 Å². The van der Waals surface area contributed by atoms with Crippen molar-refractivity contribution in [2.75, 3.05) is 0 Å². The summed E-state index contributed by atoms with van der Waals surface area (Å²) in [4.78, 5) is 8.94. The van der Waals surface area contributed by atoms with Crippen molar-refractivity contribution in [1.29, 1.82) is 5.41 Å². The summed E-state index contributed by atoms with van der Waals surface area (Å²) in [5.74, 6) is 0. The van der Waals surface area contributed by atoms with E-state index in [1.807, 2.05) is 38.2 Å². The Morgan fingerprint density at radius 2 is 2.00 bits per heavy atom. The van der Waals surface area contributed by atoms with Gasteiger partial charge in [-0.2, -0.15) is 0 Å².